The highest BCUT2D eigenvalue weighted by Gasteiger charge is 2.22. The molecular weight excluding hydrogens is 318 g/mol. The molecule has 0 aliphatic carbocycles. The Bertz CT molecular complexity index is 697. The highest BCUT2D eigenvalue weighted by atomic mass is 35.5. The van der Waals surface area contributed by atoms with Crippen LogP contribution in [-0.4, -0.2) is 8.42 Å². The number of sulfonamides is 1. The maximum absolute atomic E-state index is 12.6. The van der Waals surface area contributed by atoms with Crippen LogP contribution in [0.15, 0.2) is 59.5 Å². The SMILES string of the molecule is CC(C)C[C@H](NS(=O)(=O)c1ccc(Cl)cc1)c1ccccc1. The van der Waals surface area contributed by atoms with Gasteiger partial charge in [-0.3, -0.25) is 0 Å². The minimum absolute atomic E-state index is 0.224. The minimum Gasteiger partial charge on any atom is -0.207 e. The van der Waals surface area contributed by atoms with E-state index >= 15 is 0 Å². The fourth-order valence-corrected chi connectivity index (χ4v) is 3.64. The van der Waals surface area contributed by atoms with Crippen molar-refractivity contribution in [3.8, 4) is 0 Å². The van der Waals surface area contributed by atoms with E-state index in [1.807, 2.05) is 30.3 Å². The van der Waals surface area contributed by atoms with Gasteiger partial charge in [-0.05, 0) is 42.2 Å². The molecule has 0 spiro atoms. The minimum atomic E-state index is -3.58. The molecule has 0 radical (unpaired) electrons. The van der Waals surface area contributed by atoms with Crippen LogP contribution in [0.3, 0.4) is 0 Å². The Morgan fingerprint density at radius 1 is 1.00 bits per heavy atom. The van der Waals surface area contributed by atoms with Crippen molar-refractivity contribution in [2.24, 2.45) is 5.92 Å². The zero-order valence-electron chi connectivity index (χ0n) is 12.7. The summed E-state index contributed by atoms with van der Waals surface area (Å²) in [7, 11) is -3.58. The van der Waals surface area contributed by atoms with E-state index in [-0.39, 0.29) is 10.9 Å². The van der Waals surface area contributed by atoms with Crippen LogP contribution in [-0.2, 0) is 10.0 Å². The lowest BCUT2D eigenvalue weighted by Gasteiger charge is -2.21. The van der Waals surface area contributed by atoms with E-state index in [4.69, 9.17) is 11.6 Å². The molecule has 3 nitrogen and oxygen atoms in total. The van der Waals surface area contributed by atoms with Crippen LogP contribution >= 0.6 is 11.6 Å². The fraction of sp³-hybridized carbons (Fsp3) is 0.294. The van der Waals surface area contributed by atoms with Crippen molar-refractivity contribution in [3.05, 3.63) is 65.2 Å². The number of nitrogens with one attached hydrogen (secondary N) is 1. The normalized spacial score (nSPS) is 13.3. The number of hydrogen-bond donors (Lipinski definition) is 1. The summed E-state index contributed by atoms with van der Waals surface area (Å²) < 4.78 is 27.9. The van der Waals surface area contributed by atoms with Gasteiger partial charge < -0.3 is 0 Å². The Balaban J connectivity index is 2.28. The van der Waals surface area contributed by atoms with Gasteiger partial charge in [-0.15, -0.1) is 0 Å². The van der Waals surface area contributed by atoms with Crippen LogP contribution in [0.25, 0.3) is 0 Å². The molecule has 0 aliphatic heterocycles. The van der Waals surface area contributed by atoms with E-state index in [9.17, 15) is 8.42 Å². The summed E-state index contributed by atoms with van der Waals surface area (Å²) in [6, 6.07) is 15.6. The molecular formula is C17H20ClNO2S. The smallest absolute Gasteiger partial charge is 0.207 e. The third-order valence-electron chi connectivity index (χ3n) is 3.33. The molecule has 0 bridgehead atoms. The molecule has 1 N–H and O–H groups in total. The van der Waals surface area contributed by atoms with Gasteiger partial charge in [0, 0.05) is 11.1 Å². The lowest BCUT2D eigenvalue weighted by molar-refractivity contribution is 0.472. The van der Waals surface area contributed by atoms with Gasteiger partial charge in [0.2, 0.25) is 10.0 Å². The Labute approximate surface area is 137 Å². The second kappa shape index (κ2) is 7.27. The summed E-state index contributed by atoms with van der Waals surface area (Å²) in [6.07, 6.45) is 0.733. The van der Waals surface area contributed by atoms with Crippen LogP contribution < -0.4 is 4.72 Å². The van der Waals surface area contributed by atoms with Crippen LogP contribution in [0, 0.1) is 5.92 Å². The zero-order valence-corrected chi connectivity index (χ0v) is 14.2. The highest BCUT2D eigenvalue weighted by Crippen LogP contribution is 2.24. The Kier molecular flexibility index (Phi) is 5.62. The summed E-state index contributed by atoms with van der Waals surface area (Å²) in [5.41, 5.74) is 0.966. The molecule has 5 heteroatoms. The van der Waals surface area contributed by atoms with Gasteiger partial charge in [-0.25, -0.2) is 13.1 Å². The lowest BCUT2D eigenvalue weighted by Crippen LogP contribution is -2.29. The summed E-state index contributed by atoms with van der Waals surface area (Å²) in [5, 5.41) is 0.515. The molecule has 118 valence electrons. The van der Waals surface area contributed by atoms with E-state index in [0.717, 1.165) is 12.0 Å². The molecule has 1 atom stereocenters. The Morgan fingerprint density at radius 3 is 2.14 bits per heavy atom. The molecule has 2 rings (SSSR count). The monoisotopic (exact) mass is 337 g/mol. The van der Waals surface area contributed by atoms with Crippen LogP contribution in [0.4, 0.5) is 0 Å². The van der Waals surface area contributed by atoms with Crippen LogP contribution in [0.2, 0.25) is 5.02 Å². The van der Waals surface area contributed by atoms with Gasteiger partial charge in [0.1, 0.15) is 0 Å². The predicted octanol–water partition coefficient (Wildman–Crippen LogP) is 4.41. The third-order valence-corrected chi connectivity index (χ3v) is 5.07. The average molecular weight is 338 g/mol. The molecule has 22 heavy (non-hydrogen) atoms. The number of halogens is 1. The summed E-state index contributed by atoms with van der Waals surface area (Å²) >= 11 is 5.82. The van der Waals surface area contributed by atoms with E-state index in [2.05, 4.69) is 18.6 Å². The zero-order chi connectivity index (χ0) is 16.2. The number of hydrogen-bond acceptors (Lipinski definition) is 2. The van der Waals surface area contributed by atoms with Gasteiger partial charge in [0.25, 0.3) is 0 Å². The number of rotatable bonds is 6. The Morgan fingerprint density at radius 2 is 1.59 bits per heavy atom. The average Bonchev–Trinajstić information content (AvgIpc) is 2.47. The molecule has 0 amide bonds. The number of benzene rings is 2. The van der Waals surface area contributed by atoms with Crippen molar-refractivity contribution in [2.75, 3.05) is 0 Å². The quantitative estimate of drug-likeness (QED) is 0.848. The van der Waals surface area contributed by atoms with Gasteiger partial charge in [-0.1, -0.05) is 55.8 Å². The van der Waals surface area contributed by atoms with E-state index in [1.54, 1.807) is 12.1 Å². The molecule has 0 aliphatic rings. The van der Waals surface area contributed by atoms with Crippen molar-refractivity contribution in [3.63, 3.8) is 0 Å². The van der Waals surface area contributed by atoms with Gasteiger partial charge in [0.15, 0.2) is 0 Å². The van der Waals surface area contributed by atoms with E-state index in [0.29, 0.717) is 10.9 Å². The van der Waals surface area contributed by atoms with E-state index < -0.39 is 10.0 Å². The first-order chi connectivity index (χ1) is 10.4. The van der Waals surface area contributed by atoms with Crippen LogP contribution in [0.5, 0.6) is 0 Å². The van der Waals surface area contributed by atoms with Gasteiger partial charge >= 0.3 is 0 Å². The maximum Gasteiger partial charge on any atom is 0.241 e. The second-order valence-corrected chi connectivity index (χ2v) is 7.82. The molecule has 0 saturated heterocycles. The summed E-state index contributed by atoms with van der Waals surface area (Å²) in [4.78, 5) is 0.224. The Hall–Kier alpha value is -1.36. The molecule has 0 heterocycles. The molecule has 0 aromatic heterocycles. The maximum atomic E-state index is 12.6. The van der Waals surface area contributed by atoms with Crippen molar-refractivity contribution in [1.29, 1.82) is 0 Å². The van der Waals surface area contributed by atoms with Gasteiger partial charge in [-0.2, -0.15) is 0 Å². The van der Waals surface area contributed by atoms with Crippen molar-refractivity contribution in [1.82, 2.24) is 4.72 Å². The fourth-order valence-electron chi connectivity index (χ4n) is 2.28. The largest absolute Gasteiger partial charge is 0.241 e. The lowest BCUT2D eigenvalue weighted by atomic mass is 9.98. The summed E-state index contributed by atoms with van der Waals surface area (Å²) in [6.45, 7) is 4.15. The van der Waals surface area contributed by atoms with Crippen molar-refractivity contribution >= 4 is 21.6 Å². The molecule has 0 fully saturated rings. The second-order valence-electron chi connectivity index (χ2n) is 5.67. The third kappa shape index (κ3) is 4.57. The summed E-state index contributed by atoms with van der Waals surface area (Å²) in [5.74, 6) is 0.373. The van der Waals surface area contributed by atoms with Gasteiger partial charge in [0.05, 0.1) is 4.90 Å². The first kappa shape index (κ1) is 17.0. The van der Waals surface area contributed by atoms with E-state index in [1.165, 1.54) is 12.1 Å². The van der Waals surface area contributed by atoms with Crippen molar-refractivity contribution in [2.45, 2.75) is 31.2 Å². The molecule has 0 saturated carbocycles. The standard InChI is InChI=1S/C17H20ClNO2S/c1-13(2)12-17(14-6-4-3-5-7-14)19-22(20,21)16-10-8-15(18)9-11-16/h3-11,13,17,19H,12H2,1-2H3/t17-/m0/s1. The molecule has 0 unspecified atom stereocenters. The topological polar surface area (TPSA) is 46.2 Å². The highest BCUT2D eigenvalue weighted by molar-refractivity contribution is 7.89. The first-order valence-corrected chi connectivity index (χ1v) is 9.07. The molecule has 2 aromatic rings. The van der Waals surface area contributed by atoms with Crippen molar-refractivity contribution < 1.29 is 8.42 Å². The predicted molar refractivity (Wildman–Crippen MR) is 90.4 cm³/mol. The van der Waals surface area contributed by atoms with Crippen LogP contribution in [0.1, 0.15) is 31.9 Å². The molecule has 2 aromatic carbocycles. The first-order valence-electron chi connectivity index (χ1n) is 7.21.